The third-order valence-electron chi connectivity index (χ3n) is 3.40. The fourth-order valence-corrected chi connectivity index (χ4v) is 2.05. The van der Waals surface area contributed by atoms with E-state index in [0.717, 1.165) is 5.56 Å². The Morgan fingerprint density at radius 3 is 2.48 bits per heavy atom. The van der Waals surface area contributed by atoms with Gasteiger partial charge in [0.25, 0.3) is 0 Å². The van der Waals surface area contributed by atoms with Crippen LogP contribution in [-0.4, -0.2) is 4.92 Å². The number of hydrogen-bond acceptors (Lipinski definition) is 3. The Labute approximate surface area is 122 Å². The van der Waals surface area contributed by atoms with Crippen LogP contribution in [0.1, 0.15) is 29.7 Å². The molecule has 2 aromatic rings. The van der Waals surface area contributed by atoms with Crippen molar-refractivity contribution in [1.82, 2.24) is 5.32 Å². The molecule has 0 fully saturated rings. The highest BCUT2D eigenvalue weighted by Gasteiger charge is 2.14. The van der Waals surface area contributed by atoms with Crippen LogP contribution in [-0.2, 0) is 6.54 Å². The number of nitrogens with one attached hydrogen (secondary N) is 1. The summed E-state index contributed by atoms with van der Waals surface area (Å²) in [5.74, 6) is -0.803. The Hall–Kier alpha value is -2.27. The van der Waals surface area contributed by atoms with Crippen molar-refractivity contribution in [3.8, 4) is 0 Å². The van der Waals surface area contributed by atoms with E-state index < -0.39 is 16.4 Å². The lowest BCUT2D eigenvalue weighted by molar-refractivity contribution is -0.387. The van der Waals surface area contributed by atoms with E-state index in [0.29, 0.717) is 12.1 Å². The molecule has 5 heteroatoms. The summed E-state index contributed by atoms with van der Waals surface area (Å²) in [7, 11) is 0. The maximum absolute atomic E-state index is 13.5. The van der Waals surface area contributed by atoms with Gasteiger partial charge >= 0.3 is 5.69 Å². The minimum atomic E-state index is -0.803. The number of rotatable bonds is 5. The van der Waals surface area contributed by atoms with Crippen molar-refractivity contribution in [2.45, 2.75) is 26.4 Å². The molecule has 0 heterocycles. The molecule has 2 rings (SSSR count). The third kappa shape index (κ3) is 3.86. The van der Waals surface area contributed by atoms with Gasteiger partial charge < -0.3 is 5.32 Å². The molecule has 0 saturated carbocycles. The van der Waals surface area contributed by atoms with Crippen molar-refractivity contribution >= 4 is 5.69 Å². The SMILES string of the molecule is Cc1ccc(C(C)NCc2ccc([N+](=O)[O-])c(F)c2)cc1. The Bertz CT molecular complexity index is 641. The smallest absolute Gasteiger partial charge is 0.304 e. The Balaban J connectivity index is 2.01. The molecule has 0 amide bonds. The molecule has 0 aliphatic rings. The molecule has 0 saturated heterocycles. The van der Waals surface area contributed by atoms with Gasteiger partial charge in [0.15, 0.2) is 0 Å². The van der Waals surface area contributed by atoms with Crippen molar-refractivity contribution in [1.29, 1.82) is 0 Å². The molecule has 2 aromatic carbocycles. The zero-order valence-corrected chi connectivity index (χ0v) is 12.0. The highest BCUT2D eigenvalue weighted by atomic mass is 19.1. The van der Waals surface area contributed by atoms with Gasteiger partial charge in [0.2, 0.25) is 5.82 Å². The average Bonchev–Trinajstić information content (AvgIpc) is 2.45. The molecule has 0 aromatic heterocycles. The third-order valence-corrected chi connectivity index (χ3v) is 3.40. The summed E-state index contributed by atoms with van der Waals surface area (Å²) in [6.45, 7) is 4.50. The lowest BCUT2D eigenvalue weighted by atomic mass is 10.1. The van der Waals surface area contributed by atoms with Crippen LogP contribution in [0, 0.1) is 22.9 Å². The van der Waals surface area contributed by atoms with Crippen molar-refractivity contribution in [3.63, 3.8) is 0 Å². The number of halogens is 1. The average molecular weight is 288 g/mol. The van der Waals surface area contributed by atoms with Crippen LogP contribution in [0.25, 0.3) is 0 Å². The first kappa shape index (κ1) is 15.1. The number of nitrogens with zero attached hydrogens (tertiary/aromatic N) is 1. The monoisotopic (exact) mass is 288 g/mol. The Kier molecular flexibility index (Phi) is 4.65. The second-order valence-corrected chi connectivity index (χ2v) is 5.06. The summed E-state index contributed by atoms with van der Waals surface area (Å²) in [4.78, 5) is 9.84. The van der Waals surface area contributed by atoms with E-state index in [1.165, 1.54) is 17.7 Å². The van der Waals surface area contributed by atoms with Crippen molar-refractivity contribution in [3.05, 3.63) is 75.1 Å². The number of nitro groups is 1. The molecule has 21 heavy (non-hydrogen) atoms. The van der Waals surface area contributed by atoms with Crippen LogP contribution in [0.2, 0.25) is 0 Å². The topological polar surface area (TPSA) is 55.2 Å². The standard InChI is InChI=1S/C16H17FN2O2/c1-11-3-6-14(7-4-11)12(2)18-10-13-5-8-16(19(20)21)15(17)9-13/h3-9,12,18H,10H2,1-2H3. The summed E-state index contributed by atoms with van der Waals surface area (Å²) >= 11 is 0. The predicted molar refractivity (Wildman–Crippen MR) is 79.5 cm³/mol. The molecule has 1 atom stereocenters. The number of nitro benzene ring substituents is 1. The molecule has 0 spiro atoms. The van der Waals surface area contributed by atoms with Crippen molar-refractivity contribution in [2.75, 3.05) is 0 Å². The van der Waals surface area contributed by atoms with E-state index in [1.54, 1.807) is 6.07 Å². The number of aryl methyl sites for hydroxylation is 1. The molecule has 1 N–H and O–H groups in total. The van der Waals surface area contributed by atoms with Gasteiger partial charge in [-0.15, -0.1) is 0 Å². The van der Waals surface area contributed by atoms with Gasteiger partial charge in [-0.2, -0.15) is 4.39 Å². The normalized spacial score (nSPS) is 12.1. The van der Waals surface area contributed by atoms with Gasteiger partial charge in [0, 0.05) is 18.7 Å². The van der Waals surface area contributed by atoms with Gasteiger partial charge in [-0.05, 0) is 31.0 Å². The van der Waals surface area contributed by atoms with E-state index in [2.05, 4.69) is 5.32 Å². The van der Waals surface area contributed by atoms with Gasteiger partial charge in [-0.25, -0.2) is 0 Å². The first-order chi connectivity index (χ1) is 9.97. The summed E-state index contributed by atoms with van der Waals surface area (Å²) in [5.41, 5.74) is 2.52. The fourth-order valence-electron chi connectivity index (χ4n) is 2.05. The Morgan fingerprint density at radius 1 is 1.24 bits per heavy atom. The molecule has 110 valence electrons. The van der Waals surface area contributed by atoms with Gasteiger partial charge in [-0.3, -0.25) is 10.1 Å². The van der Waals surface area contributed by atoms with Gasteiger partial charge in [0.1, 0.15) is 0 Å². The van der Waals surface area contributed by atoms with E-state index in [1.807, 2.05) is 38.1 Å². The number of benzene rings is 2. The second-order valence-electron chi connectivity index (χ2n) is 5.06. The first-order valence-corrected chi connectivity index (χ1v) is 6.70. The van der Waals surface area contributed by atoms with Crippen LogP contribution in [0.3, 0.4) is 0 Å². The summed E-state index contributed by atoms with van der Waals surface area (Å²) in [6.07, 6.45) is 0. The second kappa shape index (κ2) is 6.45. The van der Waals surface area contributed by atoms with Crippen LogP contribution in [0.4, 0.5) is 10.1 Å². The van der Waals surface area contributed by atoms with E-state index in [4.69, 9.17) is 0 Å². The zero-order chi connectivity index (χ0) is 15.4. The largest absolute Gasteiger partial charge is 0.306 e. The van der Waals surface area contributed by atoms with E-state index in [9.17, 15) is 14.5 Å². The van der Waals surface area contributed by atoms with Crippen molar-refractivity contribution in [2.24, 2.45) is 0 Å². The molecule has 0 radical (unpaired) electrons. The summed E-state index contributed by atoms with van der Waals surface area (Å²) in [5, 5.41) is 13.8. The molecule has 4 nitrogen and oxygen atoms in total. The van der Waals surface area contributed by atoms with Crippen LogP contribution < -0.4 is 5.32 Å². The van der Waals surface area contributed by atoms with E-state index >= 15 is 0 Å². The molecular weight excluding hydrogens is 271 g/mol. The van der Waals surface area contributed by atoms with Gasteiger partial charge in [0.05, 0.1) is 4.92 Å². The minimum Gasteiger partial charge on any atom is -0.306 e. The molecular formula is C16H17FN2O2. The molecule has 0 aliphatic heterocycles. The fraction of sp³-hybridized carbons (Fsp3) is 0.250. The lowest BCUT2D eigenvalue weighted by Gasteiger charge is -2.14. The first-order valence-electron chi connectivity index (χ1n) is 6.70. The van der Waals surface area contributed by atoms with E-state index in [-0.39, 0.29) is 6.04 Å². The van der Waals surface area contributed by atoms with Crippen LogP contribution >= 0.6 is 0 Å². The highest BCUT2D eigenvalue weighted by Crippen LogP contribution is 2.19. The van der Waals surface area contributed by atoms with Crippen LogP contribution in [0.5, 0.6) is 0 Å². The van der Waals surface area contributed by atoms with Crippen molar-refractivity contribution < 1.29 is 9.31 Å². The summed E-state index contributed by atoms with van der Waals surface area (Å²) < 4.78 is 13.5. The summed E-state index contributed by atoms with van der Waals surface area (Å²) in [6, 6.07) is 12.3. The molecule has 1 unspecified atom stereocenters. The molecule has 0 bridgehead atoms. The minimum absolute atomic E-state index is 0.115. The predicted octanol–water partition coefficient (Wildman–Crippen LogP) is 3.89. The number of hydrogen-bond donors (Lipinski definition) is 1. The highest BCUT2D eigenvalue weighted by molar-refractivity contribution is 5.35. The van der Waals surface area contributed by atoms with Crippen LogP contribution in [0.15, 0.2) is 42.5 Å². The van der Waals surface area contributed by atoms with Gasteiger partial charge in [-0.1, -0.05) is 35.9 Å². The maximum Gasteiger partial charge on any atom is 0.304 e. The maximum atomic E-state index is 13.5. The zero-order valence-electron chi connectivity index (χ0n) is 12.0. The molecule has 0 aliphatic carbocycles. The Morgan fingerprint density at radius 2 is 1.90 bits per heavy atom. The lowest BCUT2D eigenvalue weighted by Crippen LogP contribution is -2.18. The quantitative estimate of drug-likeness (QED) is 0.670.